The van der Waals surface area contributed by atoms with Gasteiger partial charge in [0.25, 0.3) is 0 Å². The van der Waals surface area contributed by atoms with Crippen LogP contribution in [-0.4, -0.2) is 48.3 Å². The van der Waals surface area contributed by atoms with Crippen molar-refractivity contribution < 1.29 is 5.11 Å². The Balaban J connectivity index is 2.02. The highest BCUT2D eigenvalue weighted by Gasteiger charge is 2.15. The van der Waals surface area contributed by atoms with E-state index >= 15 is 0 Å². The molecule has 2 unspecified atom stereocenters. The first-order valence-electron chi connectivity index (χ1n) is 6.86. The fraction of sp³-hybridized carbons (Fsp3) is 1.00. The lowest BCUT2D eigenvalue weighted by Gasteiger charge is -2.21. The van der Waals surface area contributed by atoms with E-state index in [-0.39, 0.29) is 6.10 Å². The Labute approximate surface area is 100 Å². The highest BCUT2D eigenvalue weighted by Crippen LogP contribution is 2.07. The topological polar surface area (TPSA) is 35.5 Å². The SMILES string of the molecule is CCCCC(C)NCC(O)CN1CCCC1. The monoisotopic (exact) mass is 228 g/mol. The van der Waals surface area contributed by atoms with E-state index in [1.54, 1.807) is 0 Å². The van der Waals surface area contributed by atoms with E-state index in [0.717, 1.165) is 13.1 Å². The van der Waals surface area contributed by atoms with Gasteiger partial charge in [0.1, 0.15) is 0 Å². The summed E-state index contributed by atoms with van der Waals surface area (Å²) in [5.41, 5.74) is 0. The zero-order valence-electron chi connectivity index (χ0n) is 10.9. The van der Waals surface area contributed by atoms with Crippen molar-refractivity contribution in [1.29, 1.82) is 0 Å². The molecule has 0 aromatic carbocycles. The van der Waals surface area contributed by atoms with Gasteiger partial charge in [0.05, 0.1) is 6.10 Å². The van der Waals surface area contributed by atoms with Crippen LogP contribution >= 0.6 is 0 Å². The van der Waals surface area contributed by atoms with E-state index in [9.17, 15) is 5.11 Å². The smallest absolute Gasteiger partial charge is 0.0791 e. The molecule has 2 N–H and O–H groups in total. The summed E-state index contributed by atoms with van der Waals surface area (Å²) in [7, 11) is 0. The lowest BCUT2D eigenvalue weighted by molar-refractivity contribution is 0.120. The molecule has 3 heteroatoms. The highest BCUT2D eigenvalue weighted by molar-refractivity contribution is 4.72. The lowest BCUT2D eigenvalue weighted by Crippen LogP contribution is -2.40. The molecule has 0 bridgehead atoms. The number of nitrogens with zero attached hydrogens (tertiary/aromatic N) is 1. The number of unbranched alkanes of at least 4 members (excludes halogenated alkanes) is 1. The first kappa shape index (κ1) is 13.9. The van der Waals surface area contributed by atoms with Gasteiger partial charge in [0, 0.05) is 19.1 Å². The van der Waals surface area contributed by atoms with Crippen LogP contribution in [0.3, 0.4) is 0 Å². The fourth-order valence-corrected chi connectivity index (χ4v) is 2.28. The molecule has 0 amide bonds. The van der Waals surface area contributed by atoms with Gasteiger partial charge >= 0.3 is 0 Å². The second-order valence-corrected chi connectivity index (χ2v) is 5.11. The molecule has 1 rings (SSSR count). The van der Waals surface area contributed by atoms with Gasteiger partial charge in [0.2, 0.25) is 0 Å². The molecule has 0 spiro atoms. The minimum Gasteiger partial charge on any atom is -0.390 e. The molecule has 0 aliphatic carbocycles. The summed E-state index contributed by atoms with van der Waals surface area (Å²) in [6.07, 6.45) is 6.13. The van der Waals surface area contributed by atoms with E-state index in [1.165, 1.54) is 45.2 Å². The molecule has 1 aliphatic heterocycles. The van der Waals surface area contributed by atoms with Gasteiger partial charge in [-0.05, 0) is 39.3 Å². The number of aliphatic hydroxyl groups excluding tert-OH is 1. The summed E-state index contributed by atoms with van der Waals surface area (Å²) in [6, 6.07) is 0.535. The predicted octanol–water partition coefficient (Wildman–Crippen LogP) is 1.61. The van der Waals surface area contributed by atoms with E-state index in [1.807, 2.05) is 0 Å². The second kappa shape index (κ2) is 8.04. The number of hydrogen-bond donors (Lipinski definition) is 2. The molecule has 1 heterocycles. The third kappa shape index (κ3) is 5.83. The minimum atomic E-state index is -0.206. The third-order valence-electron chi connectivity index (χ3n) is 3.36. The van der Waals surface area contributed by atoms with Crippen molar-refractivity contribution in [2.75, 3.05) is 26.2 Å². The Morgan fingerprint density at radius 3 is 2.62 bits per heavy atom. The molecule has 2 atom stereocenters. The first-order valence-corrected chi connectivity index (χ1v) is 6.86. The standard InChI is InChI=1S/C13H28N2O/c1-3-4-7-12(2)14-10-13(16)11-15-8-5-6-9-15/h12-14,16H,3-11H2,1-2H3. The summed E-state index contributed by atoms with van der Waals surface area (Å²) in [5, 5.41) is 13.3. The van der Waals surface area contributed by atoms with Crippen molar-refractivity contribution in [1.82, 2.24) is 10.2 Å². The summed E-state index contributed by atoms with van der Waals surface area (Å²) in [5.74, 6) is 0. The van der Waals surface area contributed by atoms with Gasteiger partial charge in [-0.25, -0.2) is 0 Å². The Morgan fingerprint density at radius 1 is 1.31 bits per heavy atom. The van der Waals surface area contributed by atoms with Gasteiger partial charge in [-0.15, -0.1) is 0 Å². The third-order valence-corrected chi connectivity index (χ3v) is 3.36. The van der Waals surface area contributed by atoms with E-state index < -0.39 is 0 Å². The number of nitrogens with one attached hydrogen (secondary N) is 1. The summed E-state index contributed by atoms with van der Waals surface area (Å²) in [4.78, 5) is 2.36. The number of hydrogen-bond acceptors (Lipinski definition) is 3. The minimum absolute atomic E-state index is 0.206. The van der Waals surface area contributed by atoms with Crippen molar-refractivity contribution in [2.24, 2.45) is 0 Å². The van der Waals surface area contributed by atoms with Gasteiger partial charge in [-0.2, -0.15) is 0 Å². The summed E-state index contributed by atoms with van der Waals surface area (Å²) in [6.45, 7) is 8.34. The average molecular weight is 228 g/mol. The maximum absolute atomic E-state index is 9.88. The Bertz CT molecular complexity index is 169. The first-order chi connectivity index (χ1) is 7.72. The van der Waals surface area contributed by atoms with Crippen molar-refractivity contribution in [2.45, 2.75) is 58.1 Å². The zero-order valence-corrected chi connectivity index (χ0v) is 10.9. The predicted molar refractivity (Wildman–Crippen MR) is 68.7 cm³/mol. The summed E-state index contributed by atoms with van der Waals surface area (Å²) < 4.78 is 0. The molecular formula is C13H28N2O. The van der Waals surface area contributed by atoms with Crippen LogP contribution in [0.5, 0.6) is 0 Å². The van der Waals surface area contributed by atoms with Crippen LogP contribution in [0.1, 0.15) is 46.0 Å². The van der Waals surface area contributed by atoms with Gasteiger partial charge in [0.15, 0.2) is 0 Å². The molecular weight excluding hydrogens is 200 g/mol. The van der Waals surface area contributed by atoms with Crippen molar-refractivity contribution >= 4 is 0 Å². The molecule has 1 aliphatic rings. The number of rotatable bonds is 8. The molecule has 1 saturated heterocycles. The highest BCUT2D eigenvalue weighted by atomic mass is 16.3. The van der Waals surface area contributed by atoms with E-state index in [0.29, 0.717) is 6.04 Å². The molecule has 0 aromatic heterocycles. The second-order valence-electron chi connectivity index (χ2n) is 5.11. The lowest BCUT2D eigenvalue weighted by atomic mass is 10.1. The number of aliphatic hydroxyl groups is 1. The molecule has 16 heavy (non-hydrogen) atoms. The number of β-amino-alcohol motifs (C(OH)–C–C–N with tert-alkyl or cyclic N) is 1. The van der Waals surface area contributed by atoms with Crippen LogP contribution in [0.2, 0.25) is 0 Å². The molecule has 0 radical (unpaired) electrons. The molecule has 1 fully saturated rings. The molecule has 0 aromatic rings. The Morgan fingerprint density at radius 2 is 2.00 bits per heavy atom. The van der Waals surface area contributed by atoms with Crippen LogP contribution in [0.15, 0.2) is 0 Å². The van der Waals surface area contributed by atoms with Crippen LogP contribution < -0.4 is 5.32 Å². The Kier molecular flexibility index (Phi) is 7.01. The molecule has 3 nitrogen and oxygen atoms in total. The van der Waals surface area contributed by atoms with Crippen LogP contribution in [0, 0.1) is 0 Å². The van der Waals surface area contributed by atoms with Crippen molar-refractivity contribution in [3.8, 4) is 0 Å². The molecule has 0 saturated carbocycles. The fourth-order valence-electron chi connectivity index (χ4n) is 2.28. The largest absolute Gasteiger partial charge is 0.390 e. The van der Waals surface area contributed by atoms with Crippen LogP contribution in [-0.2, 0) is 0 Å². The van der Waals surface area contributed by atoms with Crippen LogP contribution in [0.25, 0.3) is 0 Å². The average Bonchev–Trinajstić information content (AvgIpc) is 2.76. The van der Waals surface area contributed by atoms with Gasteiger partial charge in [-0.1, -0.05) is 19.8 Å². The molecule has 96 valence electrons. The van der Waals surface area contributed by atoms with Gasteiger partial charge < -0.3 is 15.3 Å². The zero-order chi connectivity index (χ0) is 11.8. The number of likely N-dealkylation sites (tertiary alicyclic amines) is 1. The quantitative estimate of drug-likeness (QED) is 0.662. The maximum Gasteiger partial charge on any atom is 0.0791 e. The summed E-state index contributed by atoms with van der Waals surface area (Å²) >= 11 is 0. The Hall–Kier alpha value is -0.120. The van der Waals surface area contributed by atoms with E-state index in [4.69, 9.17) is 0 Å². The van der Waals surface area contributed by atoms with Crippen LogP contribution in [0.4, 0.5) is 0 Å². The van der Waals surface area contributed by atoms with Crippen molar-refractivity contribution in [3.63, 3.8) is 0 Å². The maximum atomic E-state index is 9.88. The van der Waals surface area contributed by atoms with E-state index in [2.05, 4.69) is 24.1 Å². The van der Waals surface area contributed by atoms with Gasteiger partial charge in [-0.3, -0.25) is 0 Å². The normalized spacial score (nSPS) is 21.2. The van der Waals surface area contributed by atoms with Crippen molar-refractivity contribution in [3.05, 3.63) is 0 Å².